The molecule has 5 nitrogen and oxygen atoms in total. The highest BCUT2D eigenvalue weighted by atomic mass is 19.1. The van der Waals surface area contributed by atoms with Gasteiger partial charge in [-0.3, -0.25) is 4.79 Å². The molecule has 0 aliphatic rings. The molecular weight excluding hydrogens is 361 g/mol. The summed E-state index contributed by atoms with van der Waals surface area (Å²) < 4.78 is 29.5. The first-order valence-corrected chi connectivity index (χ1v) is 9.24. The summed E-state index contributed by atoms with van der Waals surface area (Å²) in [6, 6.07) is 11.3. The molecule has 0 N–H and O–H groups in total. The summed E-state index contributed by atoms with van der Waals surface area (Å²) in [7, 11) is 1.70. The quantitative estimate of drug-likeness (QED) is 0.574. The van der Waals surface area contributed by atoms with Crippen LogP contribution in [0, 0.1) is 5.82 Å². The normalized spacial score (nSPS) is 10.7. The van der Waals surface area contributed by atoms with Crippen molar-refractivity contribution in [3.63, 3.8) is 0 Å². The maximum atomic E-state index is 12.9. The van der Waals surface area contributed by atoms with Crippen molar-refractivity contribution < 1.29 is 23.4 Å². The maximum Gasteiger partial charge on any atom is 0.246 e. The Balaban J connectivity index is 1.88. The highest BCUT2D eigenvalue weighted by molar-refractivity contribution is 5.91. The summed E-state index contributed by atoms with van der Waals surface area (Å²) in [4.78, 5) is 13.8. The minimum absolute atomic E-state index is 0.144. The number of benzene rings is 2. The van der Waals surface area contributed by atoms with Crippen LogP contribution in [0.4, 0.5) is 4.39 Å². The maximum absolute atomic E-state index is 12.9. The third-order valence-electron chi connectivity index (χ3n) is 3.87. The third-order valence-corrected chi connectivity index (χ3v) is 3.87. The van der Waals surface area contributed by atoms with E-state index in [4.69, 9.17) is 14.2 Å². The van der Waals surface area contributed by atoms with Gasteiger partial charge in [0.15, 0.2) is 11.5 Å². The molecule has 0 fully saturated rings. The minimum atomic E-state index is -0.313. The first kappa shape index (κ1) is 21.3. The molecule has 1 amide bonds. The molecule has 28 heavy (non-hydrogen) atoms. The van der Waals surface area contributed by atoms with Gasteiger partial charge in [0.05, 0.1) is 19.8 Å². The van der Waals surface area contributed by atoms with Gasteiger partial charge in [0, 0.05) is 13.1 Å². The van der Waals surface area contributed by atoms with E-state index < -0.39 is 0 Å². The zero-order valence-electron chi connectivity index (χ0n) is 16.5. The molecule has 0 unspecified atom stereocenters. The lowest BCUT2D eigenvalue weighted by Gasteiger charge is -2.15. The first-order valence-electron chi connectivity index (χ1n) is 9.24. The topological polar surface area (TPSA) is 48.0 Å². The van der Waals surface area contributed by atoms with Crippen LogP contribution in [0.2, 0.25) is 0 Å². The molecule has 0 bridgehead atoms. The molecular formula is C22H26FNO4. The van der Waals surface area contributed by atoms with E-state index in [1.165, 1.54) is 18.2 Å². The van der Waals surface area contributed by atoms with Gasteiger partial charge in [0.2, 0.25) is 5.91 Å². The second-order valence-corrected chi connectivity index (χ2v) is 5.97. The highest BCUT2D eigenvalue weighted by Gasteiger charge is 2.07. The van der Waals surface area contributed by atoms with E-state index in [1.807, 2.05) is 32.0 Å². The van der Waals surface area contributed by atoms with E-state index in [-0.39, 0.29) is 11.7 Å². The van der Waals surface area contributed by atoms with Crippen LogP contribution in [0.25, 0.3) is 6.08 Å². The molecule has 0 heterocycles. The predicted molar refractivity (Wildman–Crippen MR) is 107 cm³/mol. The molecule has 0 radical (unpaired) electrons. The lowest BCUT2D eigenvalue weighted by Crippen LogP contribution is -2.29. The van der Waals surface area contributed by atoms with E-state index in [0.717, 1.165) is 5.56 Å². The van der Waals surface area contributed by atoms with Gasteiger partial charge >= 0.3 is 0 Å². The first-order chi connectivity index (χ1) is 13.5. The summed E-state index contributed by atoms with van der Waals surface area (Å²) in [6.45, 7) is 5.64. The fraction of sp³-hybridized carbons (Fsp3) is 0.318. The van der Waals surface area contributed by atoms with Gasteiger partial charge in [-0.25, -0.2) is 4.39 Å². The van der Waals surface area contributed by atoms with Gasteiger partial charge in [0.25, 0.3) is 0 Å². The summed E-state index contributed by atoms with van der Waals surface area (Å²) >= 11 is 0. The molecule has 0 spiro atoms. The Labute approximate surface area is 165 Å². The van der Waals surface area contributed by atoms with Gasteiger partial charge in [-0.2, -0.15) is 0 Å². The van der Waals surface area contributed by atoms with Gasteiger partial charge < -0.3 is 19.1 Å². The molecule has 150 valence electrons. The largest absolute Gasteiger partial charge is 0.492 e. The molecule has 0 aliphatic heterocycles. The fourth-order valence-corrected chi connectivity index (χ4v) is 2.41. The Morgan fingerprint density at radius 3 is 2.36 bits per heavy atom. The Kier molecular flexibility index (Phi) is 8.34. The number of carbonyl (C=O) groups excluding carboxylic acids is 1. The number of hydrogen-bond acceptors (Lipinski definition) is 4. The number of amides is 1. The Hall–Kier alpha value is -3.02. The van der Waals surface area contributed by atoms with E-state index in [1.54, 1.807) is 30.2 Å². The predicted octanol–water partition coefficient (Wildman–Crippen LogP) is 4.17. The van der Waals surface area contributed by atoms with Crippen molar-refractivity contribution in [1.29, 1.82) is 0 Å². The van der Waals surface area contributed by atoms with Crippen LogP contribution in [0.3, 0.4) is 0 Å². The molecule has 0 atom stereocenters. The van der Waals surface area contributed by atoms with Crippen molar-refractivity contribution in [1.82, 2.24) is 4.90 Å². The Bertz CT molecular complexity index is 790. The smallest absolute Gasteiger partial charge is 0.246 e. The standard InChI is InChI=1S/C22H26FNO4/c1-4-26-20-12-6-17(16-21(20)27-5-2)7-13-22(25)24(3)14-15-28-19-10-8-18(23)9-11-19/h6-13,16H,4-5,14-15H2,1-3H3/b13-7+. The van der Waals surface area contributed by atoms with Gasteiger partial charge in [-0.05, 0) is 61.9 Å². The van der Waals surface area contributed by atoms with Crippen molar-refractivity contribution in [2.75, 3.05) is 33.4 Å². The molecule has 0 aromatic heterocycles. The van der Waals surface area contributed by atoms with E-state index in [9.17, 15) is 9.18 Å². The average molecular weight is 387 g/mol. The van der Waals surface area contributed by atoms with Crippen molar-refractivity contribution in [3.05, 3.63) is 59.9 Å². The Morgan fingerprint density at radius 2 is 1.68 bits per heavy atom. The molecule has 0 aliphatic carbocycles. The van der Waals surface area contributed by atoms with Crippen LogP contribution in [-0.2, 0) is 4.79 Å². The molecule has 2 aromatic rings. The van der Waals surface area contributed by atoms with Crippen LogP contribution < -0.4 is 14.2 Å². The number of hydrogen-bond donors (Lipinski definition) is 0. The van der Waals surface area contributed by atoms with Gasteiger partial charge in [-0.15, -0.1) is 0 Å². The summed E-state index contributed by atoms with van der Waals surface area (Å²) in [5, 5.41) is 0. The third kappa shape index (κ3) is 6.61. The van der Waals surface area contributed by atoms with Crippen molar-refractivity contribution in [3.8, 4) is 17.2 Å². The minimum Gasteiger partial charge on any atom is -0.492 e. The van der Waals surface area contributed by atoms with Crippen molar-refractivity contribution >= 4 is 12.0 Å². The molecule has 2 rings (SSSR count). The lowest BCUT2D eigenvalue weighted by molar-refractivity contribution is -0.125. The number of rotatable bonds is 10. The number of carbonyl (C=O) groups is 1. The second kappa shape index (κ2) is 11.0. The molecule has 0 saturated heterocycles. The van der Waals surface area contributed by atoms with Crippen molar-refractivity contribution in [2.45, 2.75) is 13.8 Å². The van der Waals surface area contributed by atoms with E-state index >= 15 is 0 Å². The fourth-order valence-electron chi connectivity index (χ4n) is 2.41. The molecule has 0 saturated carbocycles. The van der Waals surface area contributed by atoms with Gasteiger partial charge in [0.1, 0.15) is 18.2 Å². The van der Waals surface area contributed by atoms with E-state index in [2.05, 4.69) is 0 Å². The number of nitrogens with zero attached hydrogens (tertiary/aromatic N) is 1. The zero-order valence-corrected chi connectivity index (χ0v) is 16.5. The summed E-state index contributed by atoms with van der Waals surface area (Å²) in [5.41, 5.74) is 0.844. The number of ether oxygens (including phenoxy) is 3. The van der Waals surface area contributed by atoms with E-state index in [0.29, 0.717) is 43.6 Å². The molecule has 2 aromatic carbocycles. The highest BCUT2D eigenvalue weighted by Crippen LogP contribution is 2.29. The van der Waals surface area contributed by atoms with Crippen LogP contribution >= 0.6 is 0 Å². The van der Waals surface area contributed by atoms with Crippen LogP contribution in [0.15, 0.2) is 48.5 Å². The summed E-state index contributed by atoms with van der Waals surface area (Å²) in [5.74, 6) is 1.44. The van der Waals surface area contributed by atoms with Crippen LogP contribution in [-0.4, -0.2) is 44.2 Å². The monoisotopic (exact) mass is 387 g/mol. The van der Waals surface area contributed by atoms with Crippen molar-refractivity contribution in [2.24, 2.45) is 0 Å². The zero-order chi connectivity index (χ0) is 20.4. The SMILES string of the molecule is CCOc1ccc(/C=C/C(=O)N(C)CCOc2ccc(F)cc2)cc1OCC. The number of likely N-dealkylation sites (N-methyl/N-ethyl adjacent to an activating group) is 1. The van der Waals surface area contributed by atoms with Gasteiger partial charge in [-0.1, -0.05) is 6.07 Å². The number of halogens is 1. The lowest BCUT2D eigenvalue weighted by atomic mass is 10.2. The second-order valence-electron chi connectivity index (χ2n) is 5.97. The Morgan fingerprint density at radius 1 is 1.00 bits per heavy atom. The van der Waals surface area contributed by atoms with Crippen LogP contribution in [0.5, 0.6) is 17.2 Å². The van der Waals surface area contributed by atoms with Crippen LogP contribution in [0.1, 0.15) is 19.4 Å². The average Bonchev–Trinajstić information content (AvgIpc) is 2.69. The molecule has 6 heteroatoms. The summed E-state index contributed by atoms with van der Waals surface area (Å²) in [6.07, 6.45) is 3.24.